The van der Waals surface area contributed by atoms with E-state index in [9.17, 15) is 9.59 Å². The van der Waals surface area contributed by atoms with E-state index in [4.69, 9.17) is 9.29 Å². The topological polar surface area (TPSA) is 63.6 Å². The molecule has 0 aliphatic heterocycles. The minimum absolute atomic E-state index is 0. The highest BCUT2D eigenvalue weighted by molar-refractivity contribution is 8.28. The monoisotopic (exact) mass is 268 g/mol. The van der Waals surface area contributed by atoms with Crippen molar-refractivity contribution in [2.75, 3.05) is 18.8 Å². The van der Waals surface area contributed by atoms with E-state index in [1.807, 2.05) is 18.8 Å². The Labute approximate surface area is 118 Å². The zero-order valence-corrected chi connectivity index (χ0v) is 10.2. The number of aromatic carboxylic acids is 1. The Kier molecular flexibility index (Phi) is 6.01. The second kappa shape index (κ2) is 6.27. The van der Waals surface area contributed by atoms with Crippen molar-refractivity contribution in [2.45, 2.75) is 0 Å². The lowest BCUT2D eigenvalue weighted by Gasteiger charge is -2.24. The molecule has 0 saturated heterocycles. The summed E-state index contributed by atoms with van der Waals surface area (Å²) in [4.78, 5) is 22.4. The number of hydrogen-bond donors (Lipinski definition) is 1. The van der Waals surface area contributed by atoms with Gasteiger partial charge in [0.05, 0.1) is 11.1 Å². The van der Waals surface area contributed by atoms with Gasteiger partial charge in [-0.25, -0.2) is 9.59 Å². The van der Waals surface area contributed by atoms with Crippen molar-refractivity contribution in [1.82, 2.24) is 0 Å². The Bertz CT molecular complexity index is 426. The number of carboxylic acids is 1. The summed E-state index contributed by atoms with van der Waals surface area (Å²) in [5.74, 6) is -1.54. The molecule has 0 saturated carbocycles. The van der Waals surface area contributed by atoms with Crippen molar-refractivity contribution in [1.29, 1.82) is 0 Å². The van der Waals surface area contributed by atoms with E-state index in [0.29, 0.717) is 0 Å². The van der Waals surface area contributed by atoms with E-state index < -0.39 is 22.2 Å². The van der Waals surface area contributed by atoms with Crippen LogP contribution in [-0.4, -0.2) is 58.9 Å². The third-order valence-electron chi connectivity index (χ3n) is 1.67. The lowest BCUT2D eigenvalue weighted by atomic mass is 10.1. The molecule has 0 aromatic heterocycles. The number of rotatable bonds is 3. The second-order valence-corrected chi connectivity index (χ2v) is 7.60. The molecule has 0 fully saturated rings. The number of carboxylic acid groups (broad SMARTS) is 1. The van der Waals surface area contributed by atoms with Gasteiger partial charge in [0.2, 0.25) is 0 Å². The van der Waals surface area contributed by atoms with Gasteiger partial charge in [0.1, 0.15) is 0 Å². The van der Waals surface area contributed by atoms with Crippen molar-refractivity contribution < 1.29 is 18.9 Å². The molecule has 1 aromatic carbocycles. The average molecular weight is 269 g/mol. The van der Waals surface area contributed by atoms with Gasteiger partial charge in [-0.3, -0.25) is 0 Å². The molecular weight excluding hydrogens is 252 g/mol. The van der Waals surface area contributed by atoms with Crippen LogP contribution in [0.5, 0.6) is 0 Å². The first-order valence-electron chi connectivity index (χ1n) is 4.55. The van der Waals surface area contributed by atoms with E-state index in [0.717, 1.165) is 0 Å². The summed E-state index contributed by atoms with van der Waals surface area (Å²) in [6.45, 7) is 0. The van der Waals surface area contributed by atoms with Crippen LogP contribution in [0, 0.1) is 0 Å². The smallest absolute Gasteiger partial charge is 0.348 e. The molecule has 0 amide bonds. The minimum Gasteiger partial charge on any atom is -0.478 e. The maximum absolute atomic E-state index is 11.6. The highest BCUT2D eigenvalue weighted by Gasteiger charge is 2.15. The van der Waals surface area contributed by atoms with Crippen LogP contribution in [0.25, 0.3) is 0 Å². The Morgan fingerprint density at radius 1 is 1.18 bits per heavy atom. The highest BCUT2D eigenvalue weighted by atomic mass is 32.3. The molecule has 6 heteroatoms. The first kappa shape index (κ1) is 16.3. The van der Waals surface area contributed by atoms with Gasteiger partial charge in [-0.1, -0.05) is 16.4 Å². The van der Waals surface area contributed by atoms with Crippen LogP contribution in [0.2, 0.25) is 0 Å². The summed E-state index contributed by atoms with van der Waals surface area (Å²) in [5.41, 5.74) is 0.348. The predicted molar refractivity (Wildman–Crippen MR) is 72.7 cm³/mol. The Morgan fingerprint density at radius 3 is 2.18 bits per heavy atom. The van der Waals surface area contributed by atoms with E-state index in [-0.39, 0.29) is 34.2 Å². The van der Waals surface area contributed by atoms with Gasteiger partial charge in [-0.2, -0.15) is 0 Å². The van der Waals surface area contributed by atoms with Gasteiger partial charge in [0.15, 0.2) is 0 Å². The Hall–Kier alpha value is -0.724. The van der Waals surface area contributed by atoms with Crippen molar-refractivity contribution in [3.63, 3.8) is 0 Å². The van der Waals surface area contributed by atoms with Gasteiger partial charge in [0, 0.05) is 0 Å². The molecule has 0 bridgehead atoms. The molecule has 1 N–H and O–H groups in total. The van der Waals surface area contributed by atoms with Crippen LogP contribution < -0.4 is 0 Å². The van der Waals surface area contributed by atoms with Crippen LogP contribution >= 0.6 is 10.3 Å². The molecule has 4 nitrogen and oxygen atoms in total. The quantitative estimate of drug-likeness (QED) is 0.838. The normalized spacial score (nSPS) is 11.2. The molecule has 17 heavy (non-hydrogen) atoms. The zero-order chi connectivity index (χ0) is 12.3. The molecule has 92 valence electrons. The van der Waals surface area contributed by atoms with E-state index >= 15 is 0 Å². The third kappa shape index (κ3) is 5.43. The summed E-state index contributed by atoms with van der Waals surface area (Å²) in [6.07, 6.45) is 5.52. The fraction of sp³-hybridized carbons (Fsp3) is 0.273. The second-order valence-electron chi connectivity index (χ2n) is 3.98. The van der Waals surface area contributed by atoms with Crippen LogP contribution in [-0.2, 0) is 4.18 Å². The zero-order valence-electron chi connectivity index (χ0n) is 9.39. The van der Waals surface area contributed by atoms with Crippen LogP contribution in [0.15, 0.2) is 24.3 Å². The molecule has 0 spiro atoms. The molecule has 1 aromatic rings. The van der Waals surface area contributed by atoms with Gasteiger partial charge in [-0.05, 0) is 37.0 Å². The van der Waals surface area contributed by atoms with Crippen molar-refractivity contribution in [3.8, 4) is 0 Å². The fourth-order valence-electron chi connectivity index (χ4n) is 1.05. The lowest BCUT2D eigenvalue weighted by molar-refractivity contribution is 0.0697. The molecule has 0 atom stereocenters. The van der Waals surface area contributed by atoms with Crippen molar-refractivity contribution >= 4 is 45.3 Å². The molecular formula is C11H16MgO4S. The van der Waals surface area contributed by atoms with Crippen LogP contribution in [0.1, 0.15) is 20.7 Å². The van der Waals surface area contributed by atoms with Gasteiger partial charge in [0.25, 0.3) is 0 Å². The van der Waals surface area contributed by atoms with Gasteiger partial charge in [-0.15, -0.1) is 0 Å². The highest BCUT2D eigenvalue weighted by Crippen LogP contribution is 2.36. The van der Waals surface area contributed by atoms with E-state index in [2.05, 4.69) is 0 Å². The van der Waals surface area contributed by atoms with E-state index in [1.54, 1.807) is 6.07 Å². The number of carbonyl (C=O) groups excluding carboxylic acids is 1. The lowest BCUT2D eigenvalue weighted by Crippen LogP contribution is -2.09. The van der Waals surface area contributed by atoms with E-state index in [1.165, 1.54) is 18.2 Å². The number of benzene rings is 1. The summed E-state index contributed by atoms with van der Waals surface area (Å²) >= 11 is 0. The summed E-state index contributed by atoms with van der Waals surface area (Å²) < 4.78 is 5.21. The summed E-state index contributed by atoms with van der Waals surface area (Å²) in [7, 11) is -1.40. The standard InChI is InChI=1S/C11H14O4S.Mg.2H/c1-16(2,3)15-11(14)9-6-4-5-8(7-9)10(12)13;;;/h4-7H,1-3H3,(H,12,13);;;. The van der Waals surface area contributed by atoms with Crippen LogP contribution in [0.3, 0.4) is 0 Å². The Morgan fingerprint density at radius 2 is 1.71 bits per heavy atom. The van der Waals surface area contributed by atoms with Gasteiger partial charge >= 0.3 is 35.0 Å². The number of carbonyl (C=O) groups is 2. The molecule has 0 aliphatic rings. The summed E-state index contributed by atoms with van der Waals surface area (Å²) in [6, 6.07) is 5.82. The largest absolute Gasteiger partial charge is 0.478 e. The maximum Gasteiger partial charge on any atom is 0.348 e. The fourth-order valence-corrected chi connectivity index (χ4v) is 1.60. The maximum atomic E-state index is 11.6. The number of hydrogen-bond acceptors (Lipinski definition) is 3. The minimum atomic E-state index is -1.40. The van der Waals surface area contributed by atoms with Crippen molar-refractivity contribution in [3.05, 3.63) is 35.4 Å². The van der Waals surface area contributed by atoms with Crippen molar-refractivity contribution in [2.24, 2.45) is 0 Å². The molecule has 1 rings (SSSR count). The first-order chi connectivity index (χ1) is 7.29. The molecule has 0 unspecified atom stereocenters. The summed E-state index contributed by atoms with van der Waals surface area (Å²) in [5, 5.41) is 8.78. The average Bonchev–Trinajstić information content (AvgIpc) is 2.15. The van der Waals surface area contributed by atoms with Gasteiger partial charge < -0.3 is 9.29 Å². The Balaban J connectivity index is 0.00000256. The molecule has 0 radical (unpaired) electrons. The predicted octanol–water partition coefficient (Wildman–Crippen LogP) is 1.23. The first-order valence-corrected chi connectivity index (χ1v) is 7.33. The van der Waals surface area contributed by atoms with Crippen LogP contribution in [0.4, 0.5) is 0 Å². The third-order valence-corrected chi connectivity index (χ3v) is 2.32. The molecule has 0 heterocycles. The SMILES string of the molecule is CS(C)(C)OC(=O)c1cccc(C(=O)O)c1.[MgH2]. The molecule has 0 aliphatic carbocycles.